The number of rotatable bonds is 6. The monoisotopic (exact) mass is 363 g/mol. The third-order valence-electron chi connectivity index (χ3n) is 3.93. The van der Waals surface area contributed by atoms with Gasteiger partial charge in [0.15, 0.2) is 0 Å². The first-order chi connectivity index (χ1) is 13.0. The average Bonchev–Trinajstić information content (AvgIpc) is 2.69. The molecular weight excluding hydrogens is 346 g/mol. The summed E-state index contributed by atoms with van der Waals surface area (Å²) >= 11 is 0. The number of carboxylic acids is 1. The van der Waals surface area contributed by atoms with Crippen molar-refractivity contribution in [3.63, 3.8) is 0 Å². The summed E-state index contributed by atoms with van der Waals surface area (Å²) in [4.78, 5) is 39.1. The van der Waals surface area contributed by atoms with E-state index in [1.165, 1.54) is 22.9 Å². The number of nitrogens with zero attached hydrogens (tertiary/aromatic N) is 2. The van der Waals surface area contributed by atoms with Crippen molar-refractivity contribution in [2.45, 2.75) is 13.0 Å². The lowest BCUT2D eigenvalue weighted by atomic mass is 10.0. The molecule has 2 heterocycles. The Labute approximate surface area is 154 Å². The molecule has 1 aromatic carbocycles. The molecule has 3 rings (SSSR count). The molecule has 136 valence electrons. The number of aryl methyl sites for hydroxylation is 1. The summed E-state index contributed by atoms with van der Waals surface area (Å²) in [7, 11) is 0. The van der Waals surface area contributed by atoms with Crippen LogP contribution in [0.4, 0.5) is 5.69 Å². The number of amides is 1. The largest absolute Gasteiger partial charge is 0.481 e. The van der Waals surface area contributed by atoms with Crippen LogP contribution in [0.5, 0.6) is 0 Å². The second-order valence-corrected chi connectivity index (χ2v) is 5.87. The maximum absolute atomic E-state index is 12.6. The zero-order valence-electron chi connectivity index (χ0n) is 14.3. The van der Waals surface area contributed by atoms with Crippen molar-refractivity contribution in [1.29, 1.82) is 0 Å². The summed E-state index contributed by atoms with van der Waals surface area (Å²) < 4.78 is 1.26. The van der Waals surface area contributed by atoms with Crippen LogP contribution in [-0.4, -0.2) is 26.5 Å². The molecule has 0 atom stereocenters. The summed E-state index contributed by atoms with van der Waals surface area (Å²) in [5.74, 6) is -1.33. The van der Waals surface area contributed by atoms with E-state index >= 15 is 0 Å². The molecule has 0 unspecified atom stereocenters. The summed E-state index contributed by atoms with van der Waals surface area (Å²) in [6.45, 7) is 0.0361. The molecule has 0 saturated heterocycles. The smallest absolute Gasteiger partial charge is 0.305 e. The second kappa shape index (κ2) is 8.09. The third-order valence-corrected chi connectivity index (χ3v) is 3.93. The van der Waals surface area contributed by atoms with Crippen molar-refractivity contribution in [3.8, 4) is 11.1 Å². The molecule has 0 fully saturated rings. The molecule has 0 aliphatic rings. The molecule has 7 heteroatoms. The van der Waals surface area contributed by atoms with Gasteiger partial charge in [-0.3, -0.25) is 19.4 Å². The molecule has 2 aromatic heterocycles. The molecule has 1 amide bonds. The van der Waals surface area contributed by atoms with Crippen LogP contribution in [0.25, 0.3) is 11.1 Å². The number of carbonyl (C=O) groups is 2. The normalized spacial score (nSPS) is 10.4. The first-order valence-electron chi connectivity index (χ1n) is 8.27. The van der Waals surface area contributed by atoms with E-state index in [4.69, 9.17) is 5.11 Å². The predicted molar refractivity (Wildman–Crippen MR) is 101 cm³/mol. The summed E-state index contributed by atoms with van der Waals surface area (Å²) in [5, 5.41) is 11.5. The van der Waals surface area contributed by atoms with Crippen molar-refractivity contribution in [2.75, 3.05) is 5.32 Å². The number of aromatic nitrogens is 2. The first kappa shape index (κ1) is 18.1. The molecule has 3 aromatic rings. The molecule has 0 spiro atoms. The van der Waals surface area contributed by atoms with E-state index in [1.54, 1.807) is 30.6 Å². The van der Waals surface area contributed by atoms with Gasteiger partial charge in [-0.1, -0.05) is 18.2 Å². The van der Waals surface area contributed by atoms with E-state index in [0.717, 1.165) is 11.1 Å². The van der Waals surface area contributed by atoms with Crippen LogP contribution < -0.4 is 10.9 Å². The number of nitrogens with one attached hydrogen (secondary N) is 1. The van der Waals surface area contributed by atoms with E-state index in [9.17, 15) is 14.4 Å². The lowest BCUT2D eigenvalue weighted by molar-refractivity contribution is -0.137. The SMILES string of the molecule is O=C(O)CCn1cc(NC(=O)c2cccc(-c3cccnc3)c2)ccc1=O. The minimum absolute atomic E-state index is 0.0361. The quantitative estimate of drug-likeness (QED) is 0.701. The van der Waals surface area contributed by atoms with Crippen molar-refractivity contribution in [1.82, 2.24) is 9.55 Å². The van der Waals surface area contributed by atoms with Gasteiger partial charge in [-0.25, -0.2) is 0 Å². The minimum atomic E-state index is -0.997. The van der Waals surface area contributed by atoms with Gasteiger partial charge in [-0.15, -0.1) is 0 Å². The Bertz CT molecular complexity index is 1030. The Balaban J connectivity index is 1.79. The highest BCUT2D eigenvalue weighted by molar-refractivity contribution is 6.04. The van der Waals surface area contributed by atoms with E-state index in [-0.39, 0.29) is 24.4 Å². The fraction of sp³-hybridized carbons (Fsp3) is 0.100. The van der Waals surface area contributed by atoms with Crippen LogP contribution in [-0.2, 0) is 11.3 Å². The van der Waals surface area contributed by atoms with Crippen LogP contribution in [0.3, 0.4) is 0 Å². The van der Waals surface area contributed by atoms with Gasteiger partial charge in [0, 0.05) is 42.3 Å². The van der Waals surface area contributed by atoms with Crippen LogP contribution in [0.15, 0.2) is 71.9 Å². The van der Waals surface area contributed by atoms with Gasteiger partial charge >= 0.3 is 5.97 Å². The Kier molecular flexibility index (Phi) is 5.41. The Morgan fingerprint density at radius 1 is 1.07 bits per heavy atom. The van der Waals surface area contributed by atoms with E-state index in [0.29, 0.717) is 11.3 Å². The van der Waals surface area contributed by atoms with E-state index < -0.39 is 5.97 Å². The van der Waals surface area contributed by atoms with Crippen LogP contribution in [0, 0.1) is 0 Å². The number of hydrogen-bond donors (Lipinski definition) is 2. The molecule has 2 N–H and O–H groups in total. The second-order valence-electron chi connectivity index (χ2n) is 5.87. The summed E-state index contributed by atoms with van der Waals surface area (Å²) in [6.07, 6.45) is 4.66. The first-order valence-corrected chi connectivity index (χ1v) is 8.27. The topological polar surface area (TPSA) is 101 Å². The standard InChI is InChI=1S/C20H17N3O4/c24-18-7-6-17(13-23(18)10-8-19(25)26)22-20(27)15-4-1-3-14(11-15)16-5-2-9-21-12-16/h1-7,9,11-13H,8,10H2,(H,22,27)(H,25,26). The Morgan fingerprint density at radius 3 is 2.63 bits per heavy atom. The highest BCUT2D eigenvalue weighted by atomic mass is 16.4. The number of carboxylic acid groups (broad SMARTS) is 1. The Hall–Kier alpha value is -3.74. The zero-order valence-corrected chi connectivity index (χ0v) is 14.3. The average molecular weight is 363 g/mol. The summed E-state index contributed by atoms with van der Waals surface area (Å²) in [5.41, 5.74) is 2.31. The molecule has 0 saturated carbocycles. The van der Waals surface area contributed by atoms with Crippen LogP contribution in [0.2, 0.25) is 0 Å². The number of pyridine rings is 2. The van der Waals surface area contributed by atoms with Gasteiger partial charge < -0.3 is 15.0 Å². The van der Waals surface area contributed by atoms with Crippen LogP contribution in [0.1, 0.15) is 16.8 Å². The molecule has 7 nitrogen and oxygen atoms in total. The highest BCUT2D eigenvalue weighted by Crippen LogP contribution is 2.19. The third kappa shape index (κ3) is 4.66. The van der Waals surface area contributed by atoms with Gasteiger partial charge in [0.1, 0.15) is 0 Å². The van der Waals surface area contributed by atoms with Crippen molar-refractivity contribution < 1.29 is 14.7 Å². The van der Waals surface area contributed by atoms with Gasteiger partial charge in [-0.05, 0) is 29.8 Å². The molecular formula is C20H17N3O4. The molecule has 27 heavy (non-hydrogen) atoms. The van der Waals surface area contributed by atoms with E-state index in [2.05, 4.69) is 10.3 Å². The van der Waals surface area contributed by atoms with Crippen molar-refractivity contribution >= 4 is 17.6 Å². The minimum Gasteiger partial charge on any atom is -0.481 e. The lowest BCUT2D eigenvalue weighted by Gasteiger charge is -2.10. The van der Waals surface area contributed by atoms with E-state index in [1.807, 2.05) is 18.2 Å². The number of benzene rings is 1. The molecule has 0 radical (unpaired) electrons. The molecule has 0 aliphatic carbocycles. The predicted octanol–water partition coefficient (Wildman–Crippen LogP) is 2.64. The van der Waals surface area contributed by atoms with Gasteiger partial charge in [0.2, 0.25) is 0 Å². The number of anilines is 1. The summed E-state index contributed by atoms with van der Waals surface area (Å²) in [6, 6.07) is 13.6. The highest BCUT2D eigenvalue weighted by Gasteiger charge is 2.09. The number of hydrogen-bond acceptors (Lipinski definition) is 4. The maximum atomic E-state index is 12.6. The number of carbonyl (C=O) groups excluding carboxylic acids is 1. The van der Waals surface area contributed by atoms with Crippen molar-refractivity contribution in [2.24, 2.45) is 0 Å². The van der Waals surface area contributed by atoms with Gasteiger partial charge in [0.25, 0.3) is 11.5 Å². The zero-order chi connectivity index (χ0) is 19.2. The van der Waals surface area contributed by atoms with Crippen molar-refractivity contribution in [3.05, 3.63) is 83.0 Å². The fourth-order valence-electron chi connectivity index (χ4n) is 2.57. The van der Waals surface area contributed by atoms with Crippen LogP contribution >= 0.6 is 0 Å². The number of aliphatic carboxylic acids is 1. The van der Waals surface area contributed by atoms with Gasteiger partial charge in [-0.2, -0.15) is 0 Å². The lowest BCUT2D eigenvalue weighted by Crippen LogP contribution is -2.21. The fourth-order valence-corrected chi connectivity index (χ4v) is 2.57. The maximum Gasteiger partial charge on any atom is 0.305 e. The molecule has 0 aliphatic heterocycles. The Morgan fingerprint density at radius 2 is 1.89 bits per heavy atom. The molecule has 0 bridgehead atoms. The van der Waals surface area contributed by atoms with Gasteiger partial charge in [0.05, 0.1) is 12.1 Å².